The van der Waals surface area contributed by atoms with Crippen molar-refractivity contribution in [2.75, 3.05) is 19.8 Å². The molecule has 39 heavy (non-hydrogen) atoms. The first-order chi connectivity index (χ1) is 19.2. The summed E-state index contributed by atoms with van der Waals surface area (Å²) >= 11 is 0. The third-order valence-electron chi connectivity index (χ3n) is 7.81. The number of ketones is 1. The van der Waals surface area contributed by atoms with Crippen LogP contribution in [0.15, 0.2) is 48.5 Å². The summed E-state index contributed by atoms with van der Waals surface area (Å²) in [6.07, 6.45) is 19.5. The van der Waals surface area contributed by atoms with E-state index in [2.05, 4.69) is 48.6 Å². The van der Waals surface area contributed by atoms with Gasteiger partial charge in [-0.15, -0.1) is 0 Å². The third kappa shape index (κ3) is 13.5. The molecule has 0 saturated heterocycles. The van der Waals surface area contributed by atoms with Crippen molar-refractivity contribution in [2.45, 2.75) is 116 Å². The zero-order valence-electron chi connectivity index (χ0n) is 24.6. The molecule has 0 fully saturated rings. The van der Waals surface area contributed by atoms with Crippen molar-refractivity contribution in [1.29, 1.82) is 0 Å². The quantitative estimate of drug-likeness (QED) is 0.153. The summed E-state index contributed by atoms with van der Waals surface area (Å²) in [5.74, 6) is 2.32. The van der Waals surface area contributed by atoms with Gasteiger partial charge in [-0.2, -0.15) is 0 Å². The topological polar surface area (TPSA) is 47.6 Å². The lowest BCUT2D eigenvalue weighted by atomic mass is 9.92. The van der Waals surface area contributed by atoms with Crippen molar-refractivity contribution < 1.29 is 14.3 Å². The number of ether oxygens (including phenoxy) is 2. The summed E-state index contributed by atoms with van der Waals surface area (Å²) < 4.78 is 11.5. The summed E-state index contributed by atoms with van der Waals surface area (Å²) in [5, 5.41) is 3.60. The fraction of sp³-hybridized carbons (Fsp3) is 0.629. The Labute approximate surface area is 238 Å². The first-order valence-corrected chi connectivity index (χ1v) is 15.9. The number of carbonyl (C=O) groups excluding carboxylic acids is 1. The molecule has 0 aliphatic carbocycles. The number of rotatable bonds is 22. The van der Waals surface area contributed by atoms with Crippen LogP contribution in [0.1, 0.15) is 114 Å². The van der Waals surface area contributed by atoms with Gasteiger partial charge in [0, 0.05) is 19.4 Å². The Morgan fingerprint density at radius 1 is 0.744 bits per heavy atom. The molecule has 0 radical (unpaired) electrons. The van der Waals surface area contributed by atoms with Gasteiger partial charge in [0.25, 0.3) is 0 Å². The van der Waals surface area contributed by atoms with Crippen molar-refractivity contribution in [1.82, 2.24) is 5.32 Å². The van der Waals surface area contributed by atoms with Gasteiger partial charge in [-0.1, -0.05) is 120 Å². The molecule has 1 aliphatic rings. The molecular formula is C35H53NO3. The third-order valence-corrected chi connectivity index (χ3v) is 7.81. The second kappa shape index (κ2) is 19.7. The van der Waals surface area contributed by atoms with Gasteiger partial charge in [0.1, 0.15) is 19.0 Å². The van der Waals surface area contributed by atoms with Gasteiger partial charge in [-0.25, -0.2) is 0 Å². The molecule has 3 rings (SSSR count). The fourth-order valence-corrected chi connectivity index (χ4v) is 5.55. The molecule has 0 amide bonds. The molecule has 4 heteroatoms. The molecule has 1 aliphatic heterocycles. The molecule has 0 unspecified atom stereocenters. The predicted molar refractivity (Wildman–Crippen MR) is 163 cm³/mol. The van der Waals surface area contributed by atoms with E-state index >= 15 is 0 Å². The highest BCUT2D eigenvalue weighted by Gasteiger charge is 2.17. The molecule has 4 nitrogen and oxygen atoms in total. The number of benzene rings is 2. The zero-order valence-corrected chi connectivity index (χ0v) is 24.6. The lowest BCUT2D eigenvalue weighted by Gasteiger charge is -2.21. The summed E-state index contributed by atoms with van der Waals surface area (Å²) in [6.45, 7) is 5.13. The molecule has 0 aromatic heterocycles. The van der Waals surface area contributed by atoms with Crippen LogP contribution in [0.4, 0.5) is 0 Å². The van der Waals surface area contributed by atoms with E-state index in [1.165, 1.54) is 88.2 Å². The first-order valence-electron chi connectivity index (χ1n) is 15.9. The number of unbranched alkanes of at least 4 members (excludes halogenated alkanes) is 12. The molecule has 2 aromatic carbocycles. The minimum atomic E-state index is 0.269. The molecule has 0 spiro atoms. The second-order valence-corrected chi connectivity index (χ2v) is 11.4. The smallest absolute Gasteiger partial charge is 0.161 e. The van der Waals surface area contributed by atoms with Crippen LogP contribution in [-0.2, 0) is 17.8 Å². The lowest BCUT2D eigenvalue weighted by molar-refractivity contribution is -0.120. The van der Waals surface area contributed by atoms with E-state index in [0.717, 1.165) is 37.4 Å². The van der Waals surface area contributed by atoms with E-state index in [1.54, 1.807) is 0 Å². The van der Waals surface area contributed by atoms with E-state index < -0.39 is 0 Å². The Bertz CT molecular complexity index is 913. The van der Waals surface area contributed by atoms with Crippen molar-refractivity contribution in [3.05, 3.63) is 59.7 Å². The first kappa shape index (κ1) is 31.2. The summed E-state index contributed by atoms with van der Waals surface area (Å²) in [6, 6.07) is 16.7. The lowest BCUT2D eigenvalue weighted by Crippen LogP contribution is -2.26. The normalized spacial score (nSPS) is 13.4. The van der Waals surface area contributed by atoms with Gasteiger partial charge < -0.3 is 14.8 Å². The number of hydrogen-bond donors (Lipinski definition) is 1. The van der Waals surface area contributed by atoms with E-state index in [-0.39, 0.29) is 5.92 Å². The van der Waals surface area contributed by atoms with Gasteiger partial charge in [-0.3, -0.25) is 4.79 Å². The molecule has 0 bridgehead atoms. The Hall–Kier alpha value is -2.33. The molecule has 216 valence electrons. The zero-order chi connectivity index (χ0) is 27.4. The van der Waals surface area contributed by atoms with Crippen molar-refractivity contribution in [3.63, 3.8) is 0 Å². The van der Waals surface area contributed by atoms with E-state index in [4.69, 9.17) is 9.47 Å². The van der Waals surface area contributed by atoms with E-state index in [9.17, 15) is 4.79 Å². The molecule has 1 heterocycles. The maximum Gasteiger partial charge on any atom is 0.161 e. The summed E-state index contributed by atoms with van der Waals surface area (Å²) in [7, 11) is 0. The van der Waals surface area contributed by atoms with Crippen molar-refractivity contribution >= 4 is 5.78 Å². The van der Waals surface area contributed by atoms with Gasteiger partial charge in [0.15, 0.2) is 11.5 Å². The Morgan fingerprint density at radius 2 is 1.36 bits per heavy atom. The largest absolute Gasteiger partial charge is 0.486 e. The highest BCUT2D eigenvalue weighted by molar-refractivity contribution is 5.78. The van der Waals surface area contributed by atoms with Crippen molar-refractivity contribution in [3.8, 4) is 11.5 Å². The Balaban J connectivity index is 1.33. The Kier molecular flexibility index (Phi) is 15.7. The van der Waals surface area contributed by atoms with Crippen LogP contribution in [0, 0.1) is 5.92 Å². The Morgan fingerprint density at radius 3 is 2.03 bits per heavy atom. The molecule has 1 N–H and O–H groups in total. The SMILES string of the molecule is CCCCCCCCCCCCCCCC(=O)C[C@H](CNCc1ccccc1)Cc1ccc2c(c1)OCCO2. The number of Topliss-reactive ketones (excluding diaryl/α,β-unsaturated/α-hetero) is 1. The fourth-order valence-electron chi connectivity index (χ4n) is 5.55. The minimum Gasteiger partial charge on any atom is -0.486 e. The monoisotopic (exact) mass is 535 g/mol. The van der Waals surface area contributed by atoms with Crippen LogP contribution in [0.3, 0.4) is 0 Å². The maximum atomic E-state index is 12.9. The van der Waals surface area contributed by atoms with Gasteiger partial charge in [-0.05, 0) is 48.6 Å². The predicted octanol–water partition coefficient (Wildman–Crippen LogP) is 8.85. The summed E-state index contributed by atoms with van der Waals surface area (Å²) in [4.78, 5) is 12.9. The van der Waals surface area contributed by atoms with Crippen LogP contribution < -0.4 is 14.8 Å². The van der Waals surface area contributed by atoms with E-state index in [0.29, 0.717) is 31.8 Å². The van der Waals surface area contributed by atoms with Crippen LogP contribution in [-0.4, -0.2) is 25.5 Å². The highest BCUT2D eigenvalue weighted by Crippen LogP contribution is 2.31. The highest BCUT2D eigenvalue weighted by atomic mass is 16.6. The van der Waals surface area contributed by atoms with E-state index in [1.807, 2.05) is 12.1 Å². The maximum absolute atomic E-state index is 12.9. The van der Waals surface area contributed by atoms with Gasteiger partial charge in [0.2, 0.25) is 0 Å². The van der Waals surface area contributed by atoms with Crippen molar-refractivity contribution in [2.24, 2.45) is 5.92 Å². The molecule has 0 saturated carbocycles. The number of fused-ring (bicyclic) bond motifs is 1. The summed E-state index contributed by atoms with van der Waals surface area (Å²) in [5.41, 5.74) is 2.48. The number of hydrogen-bond acceptors (Lipinski definition) is 4. The number of nitrogens with one attached hydrogen (secondary N) is 1. The average molecular weight is 536 g/mol. The van der Waals surface area contributed by atoms with Crippen LogP contribution in [0.2, 0.25) is 0 Å². The molecular weight excluding hydrogens is 482 g/mol. The molecule has 1 atom stereocenters. The second-order valence-electron chi connectivity index (χ2n) is 11.4. The standard InChI is InChI=1S/C35H53NO3/c1-2-3-4-5-6-7-8-9-10-11-12-13-17-20-33(37)26-32(29-36-28-30-18-15-14-16-19-30)25-31-21-22-34-35(27-31)39-24-23-38-34/h14-16,18-19,21-22,27,32,36H,2-13,17,20,23-26,28-29H2,1H3/t32-/m1/s1. The minimum absolute atomic E-state index is 0.269. The van der Waals surface area contributed by atoms with Gasteiger partial charge >= 0.3 is 0 Å². The molecule has 2 aromatic rings. The average Bonchev–Trinajstić information content (AvgIpc) is 2.96. The van der Waals surface area contributed by atoms with Gasteiger partial charge in [0.05, 0.1) is 0 Å². The number of carbonyl (C=O) groups is 1. The van der Waals surface area contributed by atoms with Crippen LogP contribution >= 0.6 is 0 Å². The van der Waals surface area contributed by atoms with Crippen LogP contribution in [0.5, 0.6) is 11.5 Å². The van der Waals surface area contributed by atoms with Crippen LogP contribution in [0.25, 0.3) is 0 Å².